The van der Waals surface area contributed by atoms with Crippen molar-refractivity contribution in [2.75, 3.05) is 0 Å². The molecule has 3 aromatic carbocycles. The molecule has 0 bridgehead atoms. The number of rotatable bonds is 4. The molecule has 4 aromatic rings. The molecule has 0 unspecified atom stereocenters. The van der Waals surface area contributed by atoms with Crippen LogP contribution in [-0.4, -0.2) is 21.8 Å². The summed E-state index contributed by atoms with van der Waals surface area (Å²) in [5, 5.41) is 16.0. The highest BCUT2D eigenvalue weighted by atomic mass is 16.3. The molecule has 5 heteroatoms. The van der Waals surface area contributed by atoms with Crippen molar-refractivity contribution < 1.29 is 9.90 Å². The molecule has 4 rings (SSSR count). The fraction of sp³-hybridized carbons (Fsp3) is 0.0833. The Kier molecular flexibility index (Phi) is 4.87. The minimum absolute atomic E-state index is 0.114. The largest absolute Gasteiger partial charge is 0.507 e. The third-order valence-corrected chi connectivity index (χ3v) is 4.97. The summed E-state index contributed by atoms with van der Waals surface area (Å²) in [6.07, 6.45) is 1.47. The van der Waals surface area contributed by atoms with E-state index in [-0.39, 0.29) is 11.7 Å². The Balaban J connectivity index is 1.51. The molecule has 5 nitrogen and oxygen atoms in total. The van der Waals surface area contributed by atoms with Crippen molar-refractivity contribution >= 4 is 22.9 Å². The summed E-state index contributed by atoms with van der Waals surface area (Å²) in [5.74, 6) is -0.197. The molecule has 0 aliphatic heterocycles. The van der Waals surface area contributed by atoms with Crippen LogP contribution in [0.4, 0.5) is 0 Å². The van der Waals surface area contributed by atoms with Gasteiger partial charge in [0.15, 0.2) is 0 Å². The first-order valence-corrected chi connectivity index (χ1v) is 9.34. The van der Waals surface area contributed by atoms with Crippen molar-refractivity contribution in [2.24, 2.45) is 5.10 Å². The minimum Gasteiger partial charge on any atom is -0.507 e. The van der Waals surface area contributed by atoms with Crippen LogP contribution in [0.2, 0.25) is 0 Å². The van der Waals surface area contributed by atoms with E-state index in [4.69, 9.17) is 0 Å². The van der Waals surface area contributed by atoms with Crippen molar-refractivity contribution in [1.29, 1.82) is 0 Å². The lowest BCUT2D eigenvalue weighted by molar-refractivity contribution is 0.0955. The van der Waals surface area contributed by atoms with Gasteiger partial charge in [0.05, 0.1) is 6.21 Å². The average Bonchev–Trinajstić information content (AvgIpc) is 3.07. The Morgan fingerprint density at radius 3 is 2.34 bits per heavy atom. The van der Waals surface area contributed by atoms with Crippen LogP contribution in [0.5, 0.6) is 5.75 Å². The van der Waals surface area contributed by atoms with Crippen LogP contribution in [0.1, 0.15) is 27.3 Å². The summed E-state index contributed by atoms with van der Waals surface area (Å²) < 4.78 is 2.13. The predicted octanol–water partition coefficient (Wildman–Crippen LogP) is 4.72. The third kappa shape index (κ3) is 3.62. The first kappa shape index (κ1) is 18.5. The number of nitrogens with zero attached hydrogens (tertiary/aromatic N) is 2. The molecule has 0 aliphatic rings. The zero-order chi connectivity index (χ0) is 20.4. The predicted molar refractivity (Wildman–Crippen MR) is 116 cm³/mol. The Hall–Kier alpha value is -3.86. The number of benzene rings is 3. The highest BCUT2D eigenvalue weighted by Crippen LogP contribution is 2.25. The number of aryl methyl sites for hydroxylation is 2. The number of hydrogen-bond acceptors (Lipinski definition) is 3. The average molecular weight is 383 g/mol. The number of phenols is 1. The van der Waals surface area contributed by atoms with Crippen LogP contribution in [0, 0.1) is 13.8 Å². The molecule has 1 heterocycles. The van der Waals surface area contributed by atoms with Gasteiger partial charge >= 0.3 is 0 Å². The SMILES string of the molecule is Cc1ccc(C)n1-c1ccc(C(=O)NN=Cc2c(O)ccc3ccccc23)cc1. The Morgan fingerprint density at radius 2 is 1.62 bits per heavy atom. The maximum atomic E-state index is 12.4. The molecule has 0 atom stereocenters. The van der Waals surface area contributed by atoms with E-state index in [9.17, 15) is 9.90 Å². The second kappa shape index (κ2) is 7.64. The molecule has 0 fully saturated rings. The summed E-state index contributed by atoms with van der Waals surface area (Å²) >= 11 is 0. The number of amides is 1. The van der Waals surface area contributed by atoms with Gasteiger partial charge in [0.2, 0.25) is 0 Å². The van der Waals surface area contributed by atoms with E-state index in [0.29, 0.717) is 11.1 Å². The summed E-state index contributed by atoms with van der Waals surface area (Å²) in [7, 11) is 0. The number of nitrogens with one attached hydrogen (secondary N) is 1. The van der Waals surface area contributed by atoms with E-state index in [1.54, 1.807) is 18.2 Å². The van der Waals surface area contributed by atoms with E-state index < -0.39 is 0 Å². The lowest BCUT2D eigenvalue weighted by atomic mass is 10.0. The number of carbonyl (C=O) groups excluding carboxylic acids is 1. The number of aromatic hydroxyl groups is 1. The van der Waals surface area contributed by atoms with Gasteiger partial charge in [-0.2, -0.15) is 5.10 Å². The quantitative estimate of drug-likeness (QED) is 0.396. The molecule has 1 amide bonds. The van der Waals surface area contributed by atoms with Crippen LogP contribution < -0.4 is 5.43 Å². The van der Waals surface area contributed by atoms with Gasteiger partial charge in [0.25, 0.3) is 5.91 Å². The Morgan fingerprint density at radius 1 is 0.931 bits per heavy atom. The number of fused-ring (bicyclic) bond motifs is 1. The molecule has 0 aliphatic carbocycles. The lowest BCUT2D eigenvalue weighted by Gasteiger charge is -2.10. The van der Waals surface area contributed by atoms with Crippen molar-refractivity contribution in [3.05, 3.63) is 95.3 Å². The molecular formula is C24H21N3O2. The molecule has 0 spiro atoms. The summed E-state index contributed by atoms with van der Waals surface area (Å²) in [6, 6.07) is 22.7. The van der Waals surface area contributed by atoms with Gasteiger partial charge in [-0.25, -0.2) is 5.43 Å². The smallest absolute Gasteiger partial charge is 0.271 e. The van der Waals surface area contributed by atoms with Crippen molar-refractivity contribution in [2.45, 2.75) is 13.8 Å². The van der Waals surface area contributed by atoms with Gasteiger partial charge in [-0.1, -0.05) is 30.3 Å². The lowest BCUT2D eigenvalue weighted by Crippen LogP contribution is -2.17. The second-order valence-corrected chi connectivity index (χ2v) is 6.92. The van der Waals surface area contributed by atoms with Gasteiger partial charge in [-0.3, -0.25) is 4.79 Å². The third-order valence-electron chi connectivity index (χ3n) is 4.97. The standard InChI is InChI=1S/C24H21N3O2/c1-16-7-8-17(2)27(16)20-12-9-19(10-13-20)24(29)26-25-15-22-21-6-4-3-5-18(21)11-14-23(22)28/h3-15,28H,1-2H3,(H,26,29). The summed E-state index contributed by atoms with van der Waals surface area (Å²) in [5.41, 5.74) is 6.89. The molecule has 0 saturated heterocycles. The van der Waals surface area contributed by atoms with Crippen LogP contribution in [0.15, 0.2) is 77.9 Å². The number of phenolic OH excluding ortho intramolecular Hbond substituents is 1. The summed E-state index contributed by atoms with van der Waals surface area (Å²) in [4.78, 5) is 12.4. The highest BCUT2D eigenvalue weighted by Gasteiger charge is 2.08. The Bertz CT molecular complexity index is 1200. The monoisotopic (exact) mass is 383 g/mol. The minimum atomic E-state index is -0.312. The van der Waals surface area contributed by atoms with Crippen molar-refractivity contribution in [1.82, 2.24) is 9.99 Å². The number of hydrazone groups is 1. The maximum absolute atomic E-state index is 12.4. The summed E-state index contributed by atoms with van der Waals surface area (Å²) in [6.45, 7) is 4.09. The van der Waals surface area contributed by atoms with E-state index in [1.807, 2.05) is 56.3 Å². The number of carbonyl (C=O) groups is 1. The van der Waals surface area contributed by atoms with E-state index in [0.717, 1.165) is 27.8 Å². The molecule has 144 valence electrons. The van der Waals surface area contributed by atoms with Crippen LogP contribution >= 0.6 is 0 Å². The molecule has 29 heavy (non-hydrogen) atoms. The van der Waals surface area contributed by atoms with Gasteiger partial charge in [-0.05, 0) is 67.1 Å². The fourth-order valence-corrected chi connectivity index (χ4v) is 3.48. The van der Waals surface area contributed by atoms with Gasteiger partial charge in [0.1, 0.15) is 5.75 Å². The maximum Gasteiger partial charge on any atom is 0.271 e. The Labute approximate surface area is 168 Å². The molecular weight excluding hydrogens is 362 g/mol. The molecule has 2 N–H and O–H groups in total. The number of aromatic nitrogens is 1. The second-order valence-electron chi connectivity index (χ2n) is 6.92. The van der Waals surface area contributed by atoms with Crippen molar-refractivity contribution in [3.8, 4) is 11.4 Å². The first-order valence-electron chi connectivity index (χ1n) is 9.34. The fourth-order valence-electron chi connectivity index (χ4n) is 3.48. The number of hydrogen-bond donors (Lipinski definition) is 2. The van der Waals surface area contributed by atoms with E-state index >= 15 is 0 Å². The normalized spacial score (nSPS) is 11.2. The molecule has 0 radical (unpaired) electrons. The van der Waals surface area contributed by atoms with E-state index in [1.165, 1.54) is 6.21 Å². The van der Waals surface area contributed by atoms with Crippen LogP contribution in [-0.2, 0) is 0 Å². The van der Waals surface area contributed by atoms with Crippen LogP contribution in [0.25, 0.3) is 16.5 Å². The molecule has 0 saturated carbocycles. The van der Waals surface area contributed by atoms with Gasteiger partial charge in [0, 0.05) is 28.2 Å². The highest BCUT2D eigenvalue weighted by molar-refractivity contribution is 6.03. The zero-order valence-electron chi connectivity index (χ0n) is 16.3. The first-order chi connectivity index (χ1) is 14.0. The van der Waals surface area contributed by atoms with Crippen molar-refractivity contribution in [3.63, 3.8) is 0 Å². The van der Waals surface area contributed by atoms with E-state index in [2.05, 4.69) is 27.2 Å². The van der Waals surface area contributed by atoms with Gasteiger partial charge in [-0.15, -0.1) is 0 Å². The van der Waals surface area contributed by atoms with Gasteiger partial charge < -0.3 is 9.67 Å². The molecule has 1 aromatic heterocycles. The topological polar surface area (TPSA) is 66.6 Å². The van der Waals surface area contributed by atoms with Crippen LogP contribution in [0.3, 0.4) is 0 Å². The zero-order valence-corrected chi connectivity index (χ0v) is 16.3.